The van der Waals surface area contributed by atoms with Gasteiger partial charge in [0.2, 0.25) is 0 Å². The minimum absolute atomic E-state index is 0.00481. The molecule has 1 atom stereocenters. The SMILES string of the molecule is CCC(NC(=O)c1cn[nH]n1)c1ccc(C)cc1. The highest BCUT2D eigenvalue weighted by atomic mass is 16.2. The van der Waals surface area contributed by atoms with Gasteiger partial charge in [-0.15, -0.1) is 0 Å². The van der Waals surface area contributed by atoms with Gasteiger partial charge in [0.15, 0.2) is 5.69 Å². The quantitative estimate of drug-likeness (QED) is 0.864. The van der Waals surface area contributed by atoms with Crippen LogP contribution in [0.15, 0.2) is 30.5 Å². The zero-order valence-electron chi connectivity index (χ0n) is 10.5. The first-order chi connectivity index (χ1) is 8.70. The van der Waals surface area contributed by atoms with Crippen molar-refractivity contribution in [3.05, 3.63) is 47.3 Å². The van der Waals surface area contributed by atoms with Gasteiger partial charge in [0, 0.05) is 0 Å². The van der Waals surface area contributed by atoms with Crippen LogP contribution in [0.25, 0.3) is 0 Å². The second-order valence-electron chi connectivity index (χ2n) is 4.20. The Kier molecular flexibility index (Phi) is 3.72. The number of benzene rings is 1. The van der Waals surface area contributed by atoms with Gasteiger partial charge in [-0.25, -0.2) is 0 Å². The molecule has 1 heterocycles. The molecule has 1 aromatic heterocycles. The lowest BCUT2D eigenvalue weighted by Gasteiger charge is -2.16. The van der Waals surface area contributed by atoms with Gasteiger partial charge in [0.25, 0.3) is 5.91 Å². The predicted octanol–water partition coefficient (Wildman–Crippen LogP) is 1.99. The molecule has 1 unspecified atom stereocenters. The maximum atomic E-state index is 11.9. The van der Waals surface area contributed by atoms with Gasteiger partial charge in [-0.05, 0) is 18.9 Å². The maximum absolute atomic E-state index is 11.9. The number of aromatic amines is 1. The first-order valence-corrected chi connectivity index (χ1v) is 5.94. The molecule has 0 saturated heterocycles. The Balaban J connectivity index is 2.10. The third-order valence-corrected chi connectivity index (χ3v) is 2.84. The fourth-order valence-electron chi connectivity index (χ4n) is 1.76. The van der Waals surface area contributed by atoms with Gasteiger partial charge >= 0.3 is 0 Å². The van der Waals surface area contributed by atoms with Gasteiger partial charge in [0.1, 0.15) is 0 Å². The molecular formula is C13H16N4O. The van der Waals surface area contributed by atoms with Gasteiger partial charge in [-0.2, -0.15) is 15.4 Å². The summed E-state index contributed by atoms with van der Waals surface area (Å²) in [7, 11) is 0. The summed E-state index contributed by atoms with van der Waals surface area (Å²) < 4.78 is 0. The molecule has 94 valence electrons. The van der Waals surface area contributed by atoms with E-state index in [9.17, 15) is 4.79 Å². The van der Waals surface area contributed by atoms with Crippen LogP contribution < -0.4 is 5.32 Å². The molecule has 5 nitrogen and oxygen atoms in total. The summed E-state index contributed by atoms with van der Waals surface area (Å²) >= 11 is 0. The molecule has 0 aliphatic rings. The van der Waals surface area contributed by atoms with E-state index >= 15 is 0 Å². The number of aryl methyl sites for hydroxylation is 1. The van der Waals surface area contributed by atoms with Gasteiger partial charge in [-0.3, -0.25) is 4.79 Å². The summed E-state index contributed by atoms with van der Waals surface area (Å²) in [5.74, 6) is -0.212. The van der Waals surface area contributed by atoms with E-state index in [-0.39, 0.29) is 11.9 Å². The van der Waals surface area contributed by atoms with Gasteiger partial charge < -0.3 is 5.32 Å². The number of aromatic nitrogens is 3. The number of carbonyl (C=O) groups is 1. The highest BCUT2D eigenvalue weighted by Gasteiger charge is 2.15. The van der Waals surface area contributed by atoms with E-state index in [0.29, 0.717) is 5.69 Å². The van der Waals surface area contributed by atoms with Crippen LogP contribution in [0.3, 0.4) is 0 Å². The lowest BCUT2D eigenvalue weighted by molar-refractivity contribution is 0.0930. The Morgan fingerprint density at radius 3 is 2.67 bits per heavy atom. The number of nitrogens with one attached hydrogen (secondary N) is 2. The Labute approximate surface area is 106 Å². The highest BCUT2D eigenvalue weighted by Crippen LogP contribution is 2.17. The lowest BCUT2D eigenvalue weighted by Crippen LogP contribution is -2.28. The van der Waals surface area contributed by atoms with Crippen LogP contribution in [0.1, 0.15) is 41.0 Å². The summed E-state index contributed by atoms with van der Waals surface area (Å²) in [6.45, 7) is 4.08. The minimum Gasteiger partial charge on any atom is -0.344 e. The second-order valence-corrected chi connectivity index (χ2v) is 4.20. The molecular weight excluding hydrogens is 228 g/mol. The molecule has 0 bridgehead atoms. The van der Waals surface area contributed by atoms with Crippen molar-refractivity contribution in [3.63, 3.8) is 0 Å². The van der Waals surface area contributed by atoms with Crippen LogP contribution in [0.4, 0.5) is 0 Å². The molecule has 0 saturated carbocycles. The number of nitrogens with zero attached hydrogens (tertiary/aromatic N) is 2. The van der Waals surface area contributed by atoms with E-state index in [1.165, 1.54) is 11.8 Å². The molecule has 0 aliphatic heterocycles. The first kappa shape index (κ1) is 12.3. The van der Waals surface area contributed by atoms with E-state index < -0.39 is 0 Å². The molecule has 2 rings (SSSR count). The molecule has 1 amide bonds. The molecule has 0 fully saturated rings. The van der Waals surface area contributed by atoms with Crippen LogP contribution >= 0.6 is 0 Å². The monoisotopic (exact) mass is 244 g/mol. The van der Waals surface area contributed by atoms with Crippen molar-refractivity contribution in [3.8, 4) is 0 Å². The smallest absolute Gasteiger partial charge is 0.273 e. The third-order valence-electron chi connectivity index (χ3n) is 2.84. The number of amides is 1. The molecule has 1 aromatic carbocycles. The number of rotatable bonds is 4. The number of carbonyl (C=O) groups excluding carboxylic acids is 1. The highest BCUT2D eigenvalue weighted by molar-refractivity contribution is 5.92. The second kappa shape index (κ2) is 5.44. The lowest BCUT2D eigenvalue weighted by atomic mass is 10.0. The summed E-state index contributed by atoms with van der Waals surface area (Å²) in [5, 5.41) is 12.8. The van der Waals surface area contributed by atoms with E-state index in [1.54, 1.807) is 0 Å². The Hall–Kier alpha value is -2.17. The van der Waals surface area contributed by atoms with E-state index in [1.807, 2.05) is 38.1 Å². The molecule has 18 heavy (non-hydrogen) atoms. The average Bonchev–Trinajstić information content (AvgIpc) is 2.91. The topological polar surface area (TPSA) is 70.7 Å². The number of hydrogen-bond acceptors (Lipinski definition) is 3. The van der Waals surface area contributed by atoms with Crippen molar-refractivity contribution in [2.75, 3.05) is 0 Å². The maximum Gasteiger partial charge on any atom is 0.273 e. The van der Waals surface area contributed by atoms with Crippen molar-refractivity contribution >= 4 is 5.91 Å². The predicted molar refractivity (Wildman–Crippen MR) is 68.1 cm³/mol. The standard InChI is InChI=1S/C13H16N4O/c1-3-11(10-6-4-9(2)5-7-10)15-13(18)12-8-14-17-16-12/h4-8,11H,3H2,1-2H3,(H,15,18)(H,14,16,17). The van der Waals surface area contributed by atoms with Crippen LogP contribution in [-0.2, 0) is 0 Å². The van der Waals surface area contributed by atoms with Crippen LogP contribution in [0.2, 0.25) is 0 Å². The summed E-state index contributed by atoms with van der Waals surface area (Å²) in [4.78, 5) is 11.9. The zero-order valence-corrected chi connectivity index (χ0v) is 10.5. The van der Waals surface area contributed by atoms with Gasteiger partial charge in [-0.1, -0.05) is 36.8 Å². The van der Waals surface area contributed by atoms with E-state index in [4.69, 9.17) is 0 Å². The number of hydrogen-bond donors (Lipinski definition) is 2. The minimum atomic E-state index is -0.212. The van der Waals surface area contributed by atoms with Crippen LogP contribution in [0.5, 0.6) is 0 Å². The normalized spacial score (nSPS) is 12.1. The van der Waals surface area contributed by atoms with Gasteiger partial charge in [0.05, 0.1) is 12.2 Å². The summed E-state index contributed by atoms with van der Waals surface area (Å²) in [6.07, 6.45) is 2.24. The molecule has 5 heteroatoms. The van der Waals surface area contributed by atoms with Crippen LogP contribution in [-0.4, -0.2) is 21.3 Å². The van der Waals surface area contributed by atoms with Crippen molar-refractivity contribution in [2.24, 2.45) is 0 Å². The first-order valence-electron chi connectivity index (χ1n) is 5.94. The molecule has 2 aromatic rings. The molecule has 0 spiro atoms. The summed E-state index contributed by atoms with van der Waals surface area (Å²) in [5.41, 5.74) is 2.61. The van der Waals surface area contributed by atoms with Crippen LogP contribution in [0, 0.1) is 6.92 Å². The third kappa shape index (κ3) is 2.74. The fourth-order valence-corrected chi connectivity index (χ4v) is 1.76. The summed E-state index contributed by atoms with van der Waals surface area (Å²) in [6, 6.07) is 8.15. The molecule has 2 N–H and O–H groups in total. The molecule has 0 radical (unpaired) electrons. The number of H-pyrrole nitrogens is 1. The Bertz CT molecular complexity index is 504. The Morgan fingerprint density at radius 2 is 2.11 bits per heavy atom. The van der Waals surface area contributed by atoms with Crippen molar-refractivity contribution in [2.45, 2.75) is 26.3 Å². The van der Waals surface area contributed by atoms with E-state index in [0.717, 1.165) is 12.0 Å². The van der Waals surface area contributed by atoms with Crippen molar-refractivity contribution in [1.82, 2.24) is 20.7 Å². The average molecular weight is 244 g/mol. The fraction of sp³-hybridized carbons (Fsp3) is 0.308. The zero-order chi connectivity index (χ0) is 13.0. The van der Waals surface area contributed by atoms with E-state index in [2.05, 4.69) is 20.7 Å². The largest absolute Gasteiger partial charge is 0.344 e. The van der Waals surface area contributed by atoms with Crippen molar-refractivity contribution in [1.29, 1.82) is 0 Å². The molecule has 0 aliphatic carbocycles. The Morgan fingerprint density at radius 1 is 1.39 bits per heavy atom. The van der Waals surface area contributed by atoms with Crippen molar-refractivity contribution < 1.29 is 4.79 Å².